The van der Waals surface area contributed by atoms with Crippen molar-refractivity contribution in [3.05, 3.63) is 33.8 Å². The van der Waals surface area contributed by atoms with Crippen molar-refractivity contribution in [2.24, 2.45) is 5.92 Å². The summed E-state index contributed by atoms with van der Waals surface area (Å²) in [4.78, 5) is 24.1. The molecule has 0 saturated carbocycles. The molecule has 0 aliphatic carbocycles. The smallest absolute Gasteiger partial charge is 0.323 e. The van der Waals surface area contributed by atoms with E-state index in [1.54, 1.807) is 18.2 Å². The second kappa shape index (κ2) is 9.87. The second-order valence-corrected chi connectivity index (χ2v) is 6.80. The molecular formula is C17H23Cl2NO4. The number of methoxy groups -OCH3 is 2. The van der Waals surface area contributed by atoms with Crippen molar-refractivity contribution < 1.29 is 19.1 Å². The minimum absolute atomic E-state index is 0.250. The minimum atomic E-state index is -0.715. The molecule has 0 unspecified atom stereocenters. The first kappa shape index (κ1) is 20.7. The molecule has 0 aromatic heterocycles. The SMILES string of the molecule is COC(=O)[C@H](Cc1cc(Cl)cc(Cl)c1)N[C@@H](CC(C)C)C(=O)OC. The van der Waals surface area contributed by atoms with E-state index in [-0.39, 0.29) is 5.92 Å². The van der Waals surface area contributed by atoms with Gasteiger partial charge in [0.2, 0.25) is 0 Å². The molecule has 24 heavy (non-hydrogen) atoms. The van der Waals surface area contributed by atoms with E-state index < -0.39 is 24.0 Å². The van der Waals surface area contributed by atoms with E-state index in [0.717, 1.165) is 5.56 Å². The zero-order valence-corrected chi connectivity index (χ0v) is 15.8. The fourth-order valence-corrected chi connectivity index (χ4v) is 2.98. The third-order valence-electron chi connectivity index (χ3n) is 3.44. The summed E-state index contributed by atoms with van der Waals surface area (Å²) in [5, 5.41) is 4.00. The lowest BCUT2D eigenvalue weighted by Crippen LogP contribution is -2.49. The van der Waals surface area contributed by atoms with Gasteiger partial charge in [0, 0.05) is 10.0 Å². The van der Waals surface area contributed by atoms with Crippen molar-refractivity contribution in [1.82, 2.24) is 5.32 Å². The van der Waals surface area contributed by atoms with Crippen LogP contribution < -0.4 is 5.32 Å². The zero-order chi connectivity index (χ0) is 18.3. The largest absolute Gasteiger partial charge is 0.468 e. The molecule has 0 radical (unpaired) electrons. The predicted molar refractivity (Wildman–Crippen MR) is 94.4 cm³/mol. The van der Waals surface area contributed by atoms with Crippen LogP contribution >= 0.6 is 23.2 Å². The van der Waals surface area contributed by atoms with E-state index in [9.17, 15) is 9.59 Å². The molecule has 0 amide bonds. The Kier molecular flexibility index (Phi) is 8.53. The standard InChI is InChI=1S/C17H23Cl2NO4/c1-10(2)5-14(16(21)23-3)20-15(17(22)24-4)8-11-6-12(18)9-13(19)7-11/h6-7,9-10,14-15,20H,5,8H2,1-4H3/t14-,15-/m0/s1. The van der Waals surface area contributed by atoms with Crippen molar-refractivity contribution in [2.75, 3.05) is 14.2 Å². The zero-order valence-electron chi connectivity index (χ0n) is 14.3. The van der Waals surface area contributed by atoms with Gasteiger partial charge >= 0.3 is 11.9 Å². The molecule has 2 atom stereocenters. The first-order valence-electron chi connectivity index (χ1n) is 7.63. The molecule has 5 nitrogen and oxygen atoms in total. The quantitative estimate of drug-likeness (QED) is 0.706. The summed E-state index contributed by atoms with van der Waals surface area (Å²) < 4.78 is 9.66. The van der Waals surface area contributed by atoms with Crippen LogP contribution in [0.3, 0.4) is 0 Å². The average Bonchev–Trinajstić information content (AvgIpc) is 2.50. The molecule has 7 heteroatoms. The number of hydrogen-bond acceptors (Lipinski definition) is 5. The molecule has 1 rings (SSSR count). The summed E-state index contributed by atoms with van der Waals surface area (Å²) in [5.74, 6) is -0.633. The molecule has 0 spiro atoms. The summed E-state index contributed by atoms with van der Waals surface area (Å²) in [7, 11) is 2.62. The lowest BCUT2D eigenvalue weighted by atomic mass is 10.0. The number of halogens is 2. The van der Waals surface area contributed by atoms with Crippen molar-refractivity contribution in [3.8, 4) is 0 Å². The van der Waals surface area contributed by atoms with Gasteiger partial charge in [0.1, 0.15) is 12.1 Å². The van der Waals surface area contributed by atoms with E-state index in [0.29, 0.717) is 22.9 Å². The highest BCUT2D eigenvalue weighted by atomic mass is 35.5. The molecule has 0 aliphatic rings. The Morgan fingerprint density at radius 1 is 1.00 bits per heavy atom. The first-order chi connectivity index (χ1) is 11.3. The van der Waals surface area contributed by atoms with Crippen LogP contribution in [0.25, 0.3) is 0 Å². The number of carbonyl (C=O) groups excluding carboxylic acids is 2. The topological polar surface area (TPSA) is 64.6 Å². The number of ether oxygens (including phenoxy) is 2. The molecule has 1 aromatic rings. The van der Waals surface area contributed by atoms with Crippen LogP contribution in [-0.2, 0) is 25.5 Å². The lowest BCUT2D eigenvalue weighted by molar-refractivity contribution is -0.146. The van der Waals surface area contributed by atoms with Crippen LogP contribution in [0.15, 0.2) is 18.2 Å². The lowest BCUT2D eigenvalue weighted by Gasteiger charge is -2.24. The maximum atomic E-state index is 12.1. The third kappa shape index (κ3) is 6.67. The first-order valence-corrected chi connectivity index (χ1v) is 8.39. The van der Waals surface area contributed by atoms with Crippen LogP contribution in [0, 0.1) is 5.92 Å². The van der Waals surface area contributed by atoms with Crippen LogP contribution in [0.5, 0.6) is 0 Å². The summed E-state index contributed by atoms with van der Waals surface area (Å²) in [6.45, 7) is 3.98. The molecule has 1 aromatic carbocycles. The van der Waals surface area contributed by atoms with Gasteiger partial charge in [-0.05, 0) is 42.5 Å². The van der Waals surface area contributed by atoms with E-state index in [4.69, 9.17) is 32.7 Å². The molecule has 0 fully saturated rings. The maximum absolute atomic E-state index is 12.1. The molecule has 0 bridgehead atoms. The molecule has 0 heterocycles. The number of esters is 2. The van der Waals surface area contributed by atoms with Gasteiger partial charge in [0.15, 0.2) is 0 Å². The highest BCUT2D eigenvalue weighted by Crippen LogP contribution is 2.20. The summed E-state index contributed by atoms with van der Waals surface area (Å²) in [5.41, 5.74) is 0.767. The summed E-state index contributed by atoms with van der Waals surface area (Å²) in [6, 6.07) is 3.74. The van der Waals surface area contributed by atoms with Gasteiger partial charge in [0.05, 0.1) is 14.2 Å². The number of rotatable bonds is 8. The van der Waals surface area contributed by atoms with Gasteiger partial charge in [-0.3, -0.25) is 14.9 Å². The van der Waals surface area contributed by atoms with Gasteiger partial charge in [-0.1, -0.05) is 37.0 Å². The van der Waals surface area contributed by atoms with E-state index >= 15 is 0 Å². The Morgan fingerprint density at radius 3 is 1.96 bits per heavy atom. The second-order valence-electron chi connectivity index (χ2n) is 5.93. The van der Waals surface area contributed by atoms with Gasteiger partial charge in [-0.2, -0.15) is 0 Å². The minimum Gasteiger partial charge on any atom is -0.468 e. The van der Waals surface area contributed by atoms with E-state index in [2.05, 4.69) is 5.32 Å². The Morgan fingerprint density at radius 2 is 1.50 bits per heavy atom. The fraction of sp³-hybridized carbons (Fsp3) is 0.529. The maximum Gasteiger partial charge on any atom is 0.323 e. The predicted octanol–water partition coefficient (Wildman–Crippen LogP) is 3.25. The number of carbonyl (C=O) groups is 2. The Bertz CT molecular complexity index is 557. The third-order valence-corrected chi connectivity index (χ3v) is 3.88. The van der Waals surface area contributed by atoms with Crippen LogP contribution in [0.4, 0.5) is 0 Å². The highest BCUT2D eigenvalue weighted by Gasteiger charge is 2.28. The van der Waals surface area contributed by atoms with Gasteiger partial charge in [0.25, 0.3) is 0 Å². The molecule has 0 aliphatic heterocycles. The van der Waals surface area contributed by atoms with Crippen LogP contribution in [0.1, 0.15) is 25.8 Å². The van der Waals surface area contributed by atoms with Crippen LogP contribution in [0.2, 0.25) is 10.0 Å². The molecule has 0 saturated heterocycles. The van der Waals surface area contributed by atoms with Gasteiger partial charge in [-0.15, -0.1) is 0 Å². The van der Waals surface area contributed by atoms with Crippen LogP contribution in [-0.4, -0.2) is 38.2 Å². The Hall–Kier alpha value is -1.30. The fourth-order valence-electron chi connectivity index (χ4n) is 2.41. The molecule has 1 N–H and O–H groups in total. The van der Waals surface area contributed by atoms with E-state index in [1.165, 1.54) is 14.2 Å². The van der Waals surface area contributed by atoms with Crippen molar-refractivity contribution in [3.63, 3.8) is 0 Å². The van der Waals surface area contributed by atoms with Gasteiger partial charge in [-0.25, -0.2) is 0 Å². The average molecular weight is 376 g/mol. The Balaban J connectivity index is 2.98. The number of benzene rings is 1. The monoisotopic (exact) mass is 375 g/mol. The summed E-state index contributed by atoms with van der Waals surface area (Å²) >= 11 is 12.0. The Labute approximate surface area is 152 Å². The van der Waals surface area contributed by atoms with Gasteiger partial charge < -0.3 is 9.47 Å². The number of nitrogens with one attached hydrogen (secondary N) is 1. The van der Waals surface area contributed by atoms with Crippen molar-refractivity contribution in [2.45, 2.75) is 38.8 Å². The summed E-state index contributed by atoms with van der Waals surface area (Å²) in [6.07, 6.45) is 0.828. The van der Waals surface area contributed by atoms with Crippen molar-refractivity contribution >= 4 is 35.1 Å². The molecular weight excluding hydrogens is 353 g/mol. The van der Waals surface area contributed by atoms with Crippen molar-refractivity contribution in [1.29, 1.82) is 0 Å². The number of hydrogen-bond donors (Lipinski definition) is 1. The molecule has 134 valence electrons. The van der Waals surface area contributed by atoms with E-state index in [1.807, 2.05) is 13.8 Å². The normalized spacial score (nSPS) is 13.5. The highest BCUT2D eigenvalue weighted by molar-refractivity contribution is 6.34.